The number of aliphatic hydroxyl groups is 1. The Labute approximate surface area is 115 Å². The van der Waals surface area contributed by atoms with Gasteiger partial charge in [0.05, 0.1) is 12.1 Å². The minimum absolute atomic E-state index is 0.153. The van der Waals surface area contributed by atoms with Gasteiger partial charge in [0.25, 0.3) is 0 Å². The summed E-state index contributed by atoms with van der Waals surface area (Å²) in [7, 11) is 0. The van der Waals surface area contributed by atoms with E-state index < -0.39 is 17.6 Å². The molecule has 0 radical (unpaired) electrons. The van der Waals surface area contributed by atoms with Crippen molar-refractivity contribution in [2.24, 2.45) is 5.41 Å². The molecule has 5 nitrogen and oxygen atoms in total. The summed E-state index contributed by atoms with van der Waals surface area (Å²) in [6, 6.07) is -0.768. The molecule has 0 aromatic rings. The summed E-state index contributed by atoms with van der Waals surface area (Å²) in [5, 5.41) is 15.3. The van der Waals surface area contributed by atoms with Crippen molar-refractivity contribution in [1.29, 1.82) is 0 Å². The summed E-state index contributed by atoms with van der Waals surface area (Å²) in [6.07, 6.45) is 3.08. The van der Waals surface area contributed by atoms with Crippen LogP contribution in [0.15, 0.2) is 0 Å². The van der Waals surface area contributed by atoms with E-state index in [-0.39, 0.29) is 17.9 Å². The molecule has 1 saturated carbocycles. The standard InChI is InChI=1S/C14H26N2O3/c1-9(15-13(19)14(2,3)4)12(18)16-10-7-5-6-8-11(10)17/h9-11,17H,5-8H2,1-4H3,(H,15,19)(H,16,18)/t9?,10-,11-/m0/s1. The highest BCUT2D eigenvalue weighted by Crippen LogP contribution is 2.18. The van der Waals surface area contributed by atoms with Crippen LogP contribution in [0.5, 0.6) is 0 Å². The maximum absolute atomic E-state index is 12.0. The zero-order chi connectivity index (χ0) is 14.6. The first kappa shape index (κ1) is 16.0. The van der Waals surface area contributed by atoms with Crippen LogP contribution in [0.1, 0.15) is 53.4 Å². The first-order valence-corrected chi connectivity index (χ1v) is 7.01. The lowest BCUT2D eigenvalue weighted by molar-refractivity contribution is -0.133. The van der Waals surface area contributed by atoms with E-state index in [1.54, 1.807) is 27.7 Å². The number of carbonyl (C=O) groups is 2. The fourth-order valence-electron chi connectivity index (χ4n) is 2.07. The Morgan fingerprint density at radius 1 is 1.21 bits per heavy atom. The highest BCUT2D eigenvalue weighted by Gasteiger charge is 2.28. The van der Waals surface area contributed by atoms with Crippen molar-refractivity contribution >= 4 is 11.8 Å². The molecule has 110 valence electrons. The summed E-state index contributed by atoms with van der Waals surface area (Å²) in [5.41, 5.74) is -0.515. The molecule has 0 aromatic carbocycles. The lowest BCUT2D eigenvalue weighted by Gasteiger charge is -2.30. The summed E-state index contributed by atoms with van der Waals surface area (Å²) >= 11 is 0. The van der Waals surface area contributed by atoms with Gasteiger partial charge in [0.15, 0.2) is 0 Å². The molecule has 3 N–H and O–H groups in total. The van der Waals surface area contributed by atoms with Gasteiger partial charge in [0.2, 0.25) is 11.8 Å². The lowest BCUT2D eigenvalue weighted by Crippen LogP contribution is -2.53. The van der Waals surface area contributed by atoms with Crippen molar-refractivity contribution in [2.75, 3.05) is 0 Å². The third kappa shape index (κ3) is 4.82. The van der Waals surface area contributed by atoms with Crippen LogP contribution in [-0.4, -0.2) is 35.1 Å². The predicted octanol–water partition coefficient (Wildman–Crippen LogP) is 0.957. The van der Waals surface area contributed by atoms with Crippen LogP contribution in [-0.2, 0) is 9.59 Å². The molecular formula is C14H26N2O3. The summed E-state index contributed by atoms with van der Waals surface area (Å²) in [6.45, 7) is 7.07. The molecule has 19 heavy (non-hydrogen) atoms. The topological polar surface area (TPSA) is 78.4 Å². The minimum Gasteiger partial charge on any atom is -0.391 e. The average Bonchev–Trinajstić information content (AvgIpc) is 2.30. The van der Waals surface area contributed by atoms with Gasteiger partial charge in [-0.2, -0.15) is 0 Å². The smallest absolute Gasteiger partial charge is 0.242 e. The largest absolute Gasteiger partial charge is 0.391 e. The molecule has 1 aliphatic rings. The molecule has 0 spiro atoms. The van der Waals surface area contributed by atoms with Gasteiger partial charge >= 0.3 is 0 Å². The van der Waals surface area contributed by atoms with Crippen LogP contribution in [0.4, 0.5) is 0 Å². The Kier molecular flexibility index (Phi) is 5.35. The van der Waals surface area contributed by atoms with E-state index in [9.17, 15) is 14.7 Å². The third-order valence-electron chi connectivity index (χ3n) is 3.48. The van der Waals surface area contributed by atoms with Gasteiger partial charge in [-0.1, -0.05) is 33.6 Å². The van der Waals surface area contributed by atoms with Crippen molar-refractivity contribution in [3.8, 4) is 0 Å². The Morgan fingerprint density at radius 2 is 1.79 bits per heavy atom. The van der Waals surface area contributed by atoms with Gasteiger partial charge < -0.3 is 15.7 Å². The van der Waals surface area contributed by atoms with E-state index in [1.165, 1.54) is 0 Å². The molecule has 0 saturated heterocycles. The van der Waals surface area contributed by atoms with Crippen molar-refractivity contribution < 1.29 is 14.7 Å². The fourth-order valence-corrected chi connectivity index (χ4v) is 2.07. The second-order valence-corrected chi connectivity index (χ2v) is 6.41. The van der Waals surface area contributed by atoms with Gasteiger partial charge in [-0.3, -0.25) is 9.59 Å². The molecule has 1 aliphatic carbocycles. The number of nitrogens with one attached hydrogen (secondary N) is 2. The summed E-state index contributed by atoms with van der Waals surface area (Å²) in [5.74, 6) is -0.386. The van der Waals surface area contributed by atoms with Crippen LogP contribution in [0.2, 0.25) is 0 Å². The Hall–Kier alpha value is -1.10. The van der Waals surface area contributed by atoms with Crippen LogP contribution in [0, 0.1) is 5.41 Å². The van der Waals surface area contributed by atoms with Crippen LogP contribution >= 0.6 is 0 Å². The second kappa shape index (κ2) is 6.37. The maximum atomic E-state index is 12.0. The highest BCUT2D eigenvalue weighted by atomic mass is 16.3. The summed E-state index contributed by atoms with van der Waals surface area (Å²) < 4.78 is 0. The summed E-state index contributed by atoms with van der Waals surface area (Å²) in [4.78, 5) is 23.8. The average molecular weight is 270 g/mol. The van der Waals surface area contributed by atoms with Crippen molar-refractivity contribution in [1.82, 2.24) is 10.6 Å². The van der Waals surface area contributed by atoms with Gasteiger partial charge in [0.1, 0.15) is 6.04 Å². The van der Waals surface area contributed by atoms with E-state index in [2.05, 4.69) is 10.6 Å². The molecule has 2 amide bonds. The van der Waals surface area contributed by atoms with Gasteiger partial charge in [-0.15, -0.1) is 0 Å². The normalized spacial score (nSPS) is 25.5. The first-order chi connectivity index (χ1) is 8.71. The lowest BCUT2D eigenvalue weighted by atomic mass is 9.92. The van der Waals surface area contributed by atoms with Crippen LogP contribution < -0.4 is 10.6 Å². The van der Waals surface area contributed by atoms with Gasteiger partial charge in [-0.05, 0) is 19.8 Å². The van der Waals surface area contributed by atoms with Crippen molar-refractivity contribution in [3.63, 3.8) is 0 Å². The molecule has 0 heterocycles. The molecule has 1 rings (SSSR count). The maximum Gasteiger partial charge on any atom is 0.242 e. The molecule has 3 atom stereocenters. The second-order valence-electron chi connectivity index (χ2n) is 6.41. The monoisotopic (exact) mass is 270 g/mol. The van der Waals surface area contributed by atoms with Gasteiger partial charge in [0, 0.05) is 5.41 Å². The fraction of sp³-hybridized carbons (Fsp3) is 0.857. The highest BCUT2D eigenvalue weighted by molar-refractivity contribution is 5.89. The number of carbonyl (C=O) groups excluding carboxylic acids is 2. The predicted molar refractivity (Wildman–Crippen MR) is 73.5 cm³/mol. The molecule has 1 unspecified atom stereocenters. The van der Waals surface area contributed by atoms with Crippen LogP contribution in [0.25, 0.3) is 0 Å². The molecule has 0 bridgehead atoms. The molecular weight excluding hydrogens is 244 g/mol. The number of hydrogen-bond donors (Lipinski definition) is 3. The van der Waals surface area contributed by atoms with E-state index in [1.807, 2.05) is 0 Å². The van der Waals surface area contributed by atoms with E-state index >= 15 is 0 Å². The number of hydrogen-bond acceptors (Lipinski definition) is 3. The minimum atomic E-state index is -0.583. The number of aliphatic hydroxyl groups excluding tert-OH is 1. The SMILES string of the molecule is CC(NC(=O)C(C)(C)C)C(=O)N[C@H]1CCCC[C@@H]1O. The quantitative estimate of drug-likeness (QED) is 0.714. The first-order valence-electron chi connectivity index (χ1n) is 7.01. The Balaban J connectivity index is 2.46. The number of rotatable bonds is 3. The number of amides is 2. The van der Waals surface area contributed by atoms with E-state index in [0.29, 0.717) is 0 Å². The zero-order valence-electron chi connectivity index (χ0n) is 12.3. The van der Waals surface area contributed by atoms with E-state index in [4.69, 9.17) is 0 Å². The molecule has 1 fully saturated rings. The molecule has 5 heteroatoms. The molecule has 0 aliphatic heterocycles. The molecule has 0 aromatic heterocycles. The zero-order valence-corrected chi connectivity index (χ0v) is 12.3. The van der Waals surface area contributed by atoms with Crippen molar-refractivity contribution in [2.45, 2.75) is 71.6 Å². The Bertz CT molecular complexity index is 336. The Morgan fingerprint density at radius 3 is 2.32 bits per heavy atom. The third-order valence-corrected chi connectivity index (χ3v) is 3.48. The van der Waals surface area contributed by atoms with E-state index in [0.717, 1.165) is 25.7 Å². The van der Waals surface area contributed by atoms with Crippen molar-refractivity contribution in [3.05, 3.63) is 0 Å². The van der Waals surface area contributed by atoms with Gasteiger partial charge in [-0.25, -0.2) is 0 Å². The van der Waals surface area contributed by atoms with Crippen LogP contribution in [0.3, 0.4) is 0 Å².